The molecule has 4 nitrogen and oxygen atoms in total. The monoisotopic (exact) mass is 392 g/mol. The highest BCUT2D eigenvalue weighted by Gasteiger charge is 2.34. The molecule has 2 unspecified atom stereocenters. The van der Waals surface area contributed by atoms with E-state index >= 15 is 0 Å². The number of aryl methyl sites for hydroxylation is 1. The molecule has 0 saturated carbocycles. The van der Waals surface area contributed by atoms with E-state index in [0.29, 0.717) is 13.0 Å². The number of rotatable bonds is 3. The van der Waals surface area contributed by atoms with Gasteiger partial charge in [-0.15, -0.1) is 0 Å². The molecule has 0 spiro atoms. The fraction of sp³-hybridized carbons (Fsp3) is 0.304. The Balaban J connectivity index is 1.67. The van der Waals surface area contributed by atoms with Crippen LogP contribution in [0.2, 0.25) is 0 Å². The zero-order valence-electron chi connectivity index (χ0n) is 16.2. The second kappa shape index (κ2) is 7.19. The summed E-state index contributed by atoms with van der Waals surface area (Å²) in [6.07, 6.45) is 6.34. The lowest BCUT2D eigenvalue weighted by Gasteiger charge is -2.27. The molecule has 2 atom stereocenters. The maximum Gasteiger partial charge on any atom is 0.123 e. The largest absolute Gasteiger partial charge is 0.294 e. The predicted octanol–water partition coefficient (Wildman–Crippen LogP) is 4.49. The van der Waals surface area contributed by atoms with Crippen LogP contribution in [0.15, 0.2) is 54.9 Å². The Kier molecular flexibility index (Phi) is 4.51. The van der Waals surface area contributed by atoms with Gasteiger partial charge < -0.3 is 0 Å². The van der Waals surface area contributed by atoms with E-state index in [1.54, 1.807) is 24.5 Å². The molecule has 0 radical (unpaired) electrons. The molecule has 5 rings (SSSR count). The lowest BCUT2D eigenvalue weighted by Crippen LogP contribution is -2.32. The standard InChI is InChI=1S/C23H22F2N4/c1-28-23(16-2-4-18(24)5-3-16)21(15-6-9-26-10-7-15)22(27-28)17-8-11-29-14-19(25)13-20(29)12-17/h2-7,9-10,12,19-20H,8,11,13-14H2,1H3. The molecule has 0 amide bonds. The topological polar surface area (TPSA) is 34.0 Å². The number of halogens is 2. The van der Waals surface area contributed by atoms with Crippen molar-refractivity contribution < 1.29 is 8.78 Å². The van der Waals surface area contributed by atoms with Gasteiger partial charge in [0.1, 0.15) is 12.0 Å². The number of hydrogen-bond donors (Lipinski definition) is 0. The number of pyridine rings is 1. The highest BCUT2D eigenvalue weighted by molar-refractivity contribution is 5.90. The van der Waals surface area contributed by atoms with Crippen molar-refractivity contribution in [1.29, 1.82) is 0 Å². The fourth-order valence-electron chi connectivity index (χ4n) is 4.56. The van der Waals surface area contributed by atoms with Gasteiger partial charge in [-0.05, 0) is 60.4 Å². The van der Waals surface area contributed by atoms with Gasteiger partial charge in [0.2, 0.25) is 0 Å². The normalized spacial score (nSPS) is 21.8. The first-order valence-corrected chi connectivity index (χ1v) is 9.92. The van der Waals surface area contributed by atoms with E-state index in [4.69, 9.17) is 5.10 Å². The first-order valence-electron chi connectivity index (χ1n) is 9.92. The molecule has 6 heteroatoms. The molecule has 148 valence electrons. The van der Waals surface area contributed by atoms with Crippen molar-refractivity contribution in [2.75, 3.05) is 13.1 Å². The molecule has 0 bridgehead atoms. The van der Waals surface area contributed by atoms with Crippen LogP contribution in [0.1, 0.15) is 18.5 Å². The SMILES string of the molecule is Cn1nc(C2=CC3CC(F)CN3CC2)c(-c2ccncc2)c1-c1ccc(F)cc1. The second-order valence-electron chi connectivity index (χ2n) is 7.78. The summed E-state index contributed by atoms with van der Waals surface area (Å²) >= 11 is 0. The van der Waals surface area contributed by atoms with Crippen molar-refractivity contribution in [3.8, 4) is 22.4 Å². The summed E-state index contributed by atoms with van der Waals surface area (Å²) in [7, 11) is 1.91. The molecular formula is C23H22F2N4. The molecule has 0 N–H and O–H groups in total. The number of fused-ring (bicyclic) bond motifs is 1. The van der Waals surface area contributed by atoms with Gasteiger partial charge >= 0.3 is 0 Å². The molecule has 1 aromatic carbocycles. The van der Waals surface area contributed by atoms with E-state index in [-0.39, 0.29) is 11.9 Å². The lowest BCUT2D eigenvalue weighted by atomic mass is 9.92. The maximum absolute atomic E-state index is 13.9. The van der Waals surface area contributed by atoms with Crippen LogP contribution in [-0.4, -0.2) is 45.0 Å². The van der Waals surface area contributed by atoms with Gasteiger partial charge in [-0.25, -0.2) is 8.78 Å². The fourth-order valence-corrected chi connectivity index (χ4v) is 4.56. The Morgan fingerprint density at radius 2 is 1.79 bits per heavy atom. The minimum Gasteiger partial charge on any atom is -0.294 e. The molecule has 1 fully saturated rings. The van der Waals surface area contributed by atoms with Crippen molar-refractivity contribution in [2.45, 2.75) is 25.1 Å². The second-order valence-corrected chi connectivity index (χ2v) is 7.78. The molecule has 2 aliphatic rings. The third kappa shape index (κ3) is 3.27. The Hall–Kier alpha value is -2.86. The summed E-state index contributed by atoms with van der Waals surface area (Å²) in [5.41, 5.74) is 5.93. The summed E-state index contributed by atoms with van der Waals surface area (Å²) in [5.74, 6) is -0.265. The van der Waals surface area contributed by atoms with Crippen LogP contribution >= 0.6 is 0 Å². The van der Waals surface area contributed by atoms with E-state index in [1.807, 2.05) is 23.9 Å². The highest BCUT2D eigenvalue weighted by atomic mass is 19.1. The van der Waals surface area contributed by atoms with Gasteiger partial charge in [-0.2, -0.15) is 5.10 Å². The Morgan fingerprint density at radius 1 is 1.03 bits per heavy atom. The summed E-state index contributed by atoms with van der Waals surface area (Å²) in [4.78, 5) is 6.36. The van der Waals surface area contributed by atoms with Gasteiger partial charge in [-0.1, -0.05) is 6.08 Å². The summed E-state index contributed by atoms with van der Waals surface area (Å²) in [6.45, 7) is 1.36. The molecule has 29 heavy (non-hydrogen) atoms. The van der Waals surface area contributed by atoms with Gasteiger partial charge in [0, 0.05) is 49.7 Å². The molecule has 2 aliphatic heterocycles. The van der Waals surface area contributed by atoms with E-state index in [9.17, 15) is 8.78 Å². The minimum absolute atomic E-state index is 0.135. The van der Waals surface area contributed by atoms with Crippen LogP contribution in [0.25, 0.3) is 28.0 Å². The van der Waals surface area contributed by atoms with Crippen LogP contribution < -0.4 is 0 Å². The van der Waals surface area contributed by atoms with Crippen LogP contribution in [0.3, 0.4) is 0 Å². The van der Waals surface area contributed by atoms with Crippen molar-refractivity contribution in [1.82, 2.24) is 19.7 Å². The average Bonchev–Trinajstić information content (AvgIpc) is 3.27. The van der Waals surface area contributed by atoms with E-state index in [2.05, 4.69) is 16.0 Å². The summed E-state index contributed by atoms with van der Waals surface area (Å²) in [5, 5.41) is 4.86. The summed E-state index contributed by atoms with van der Waals surface area (Å²) in [6, 6.07) is 10.6. The summed E-state index contributed by atoms with van der Waals surface area (Å²) < 4.78 is 29.3. The first kappa shape index (κ1) is 18.2. The number of alkyl halides is 1. The quantitative estimate of drug-likeness (QED) is 0.659. The maximum atomic E-state index is 13.9. The molecule has 4 heterocycles. The zero-order valence-corrected chi connectivity index (χ0v) is 16.2. The van der Waals surface area contributed by atoms with Crippen LogP contribution in [0, 0.1) is 5.82 Å². The van der Waals surface area contributed by atoms with Crippen molar-refractivity contribution in [3.63, 3.8) is 0 Å². The first-order chi connectivity index (χ1) is 14.1. The van der Waals surface area contributed by atoms with Gasteiger partial charge in [0.15, 0.2) is 0 Å². The number of aromatic nitrogens is 3. The third-order valence-electron chi connectivity index (χ3n) is 5.90. The van der Waals surface area contributed by atoms with E-state index in [1.165, 1.54) is 12.1 Å². The number of hydrogen-bond acceptors (Lipinski definition) is 3. The molecule has 2 aromatic heterocycles. The predicted molar refractivity (Wildman–Crippen MR) is 109 cm³/mol. The Bertz CT molecular complexity index is 1060. The molecule has 1 saturated heterocycles. The van der Waals surface area contributed by atoms with Gasteiger partial charge in [-0.3, -0.25) is 14.6 Å². The molecular weight excluding hydrogens is 370 g/mol. The number of benzene rings is 1. The molecule has 0 aliphatic carbocycles. The van der Waals surface area contributed by atoms with E-state index < -0.39 is 6.17 Å². The zero-order chi connectivity index (χ0) is 20.0. The van der Waals surface area contributed by atoms with Gasteiger partial charge in [0.05, 0.1) is 11.4 Å². The Morgan fingerprint density at radius 3 is 2.55 bits per heavy atom. The van der Waals surface area contributed by atoms with Gasteiger partial charge in [0.25, 0.3) is 0 Å². The van der Waals surface area contributed by atoms with Crippen LogP contribution in [0.4, 0.5) is 8.78 Å². The number of nitrogens with zero attached hydrogens (tertiary/aromatic N) is 4. The molecule has 3 aromatic rings. The van der Waals surface area contributed by atoms with Crippen LogP contribution in [-0.2, 0) is 7.05 Å². The minimum atomic E-state index is -0.756. The lowest BCUT2D eigenvalue weighted by molar-refractivity contribution is 0.266. The van der Waals surface area contributed by atoms with Crippen molar-refractivity contribution in [3.05, 3.63) is 66.4 Å². The third-order valence-corrected chi connectivity index (χ3v) is 5.90. The van der Waals surface area contributed by atoms with Crippen molar-refractivity contribution in [2.24, 2.45) is 7.05 Å². The Labute approximate surface area is 168 Å². The average molecular weight is 392 g/mol. The van der Waals surface area contributed by atoms with Crippen molar-refractivity contribution >= 4 is 5.57 Å². The van der Waals surface area contributed by atoms with E-state index in [0.717, 1.165) is 46.6 Å². The van der Waals surface area contributed by atoms with Crippen LogP contribution in [0.5, 0.6) is 0 Å². The smallest absolute Gasteiger partial charge is 0.123 e. The highest BCUT2D eigenvalue weighted by Crippen LogP contribution is 2.40.